The Labute approximate surface area is 89.3 Å². The summed E-state index contributed by atoms with van der Waals surface area (Å²) in [6, 6.07) is 8.60. The van der Waals surface area contributed by atoms with Crippen LogP contribution in [0.1, 0.15) is 23.6 Å². The van der Waals surface area contributed by atoms with Gasteiger partial charge in [0.05, 0.1) is 6.20 Å². The molecule has 78 valence electrons. The molecular formula is C12H15N3. The van der Waals surface area contributed by atoms with E-state index in [2.05, 4.69) is 41.4 Å². The van der Waals surface area contributed by atoms with Crippen LogP contribution in [0.5, 0.6) is 0 Å². The molecule has 0 saturated carbocycles. The van der Waals surface area contributed by atoms with Crippen LogP contribution in [0.3, 0.4) is 0 Å². The fourth-order valence-electron chi connectivity index (χ4n) is 1.57. The van der Waals surface area contributed by atoms with Crippen LogP contribution in [0.4, 0.5) is 5.82 Å². The average Bonchev–Trinajstić information content (AvgIpc) is 2.66. The number of rotatable bonds is 3. The Hall–Kier alpha value is -1.77. The number of hydrogen-bond acceptors (Lipinski definition) is 2. The second-order valence-corrected chi connectivity index (χ2v) is 3.66. The Morgan fingerprint density at radius 3 is 2.40 bits per heavy atom. The number of nitrogens with two attached hydrogens (primary N) is 1. The molecule has 0 fully saturated rings. The number of H-pyrrole nitrogens is 1. The third-order valence-corrected chi connectivity index (χ3v) is 2.58. The zero-order valence-electron chi connectivity index (χ0n) is 8.83. The van der Waals surface area contributed by atoms with Crippen molar-refractivity contribution in [3.63, 3.8) is 0 Å². The van der Waals surface area contributed by atoms with Gasteiger partial charge in [0.15, 0.2) is 0 Å². The zero-order chi connectivity index (χ0) is 10.7. The minimum absolute atomic E-state index is 0.662. The zero-order valence-corrected chi connectivity index (χ0v) is 8.83. The van der Waals surface area contributed by atoms with Crippen molar-refractivity contribution in [3.8, 4) is 0 Å². The molecule has 0 bridgehead atoms. The number of aromatic amines is 1. The second kappa shape index (κ2) is 4.17. The van der Waals surface area contributed by atoms with E-state index in [1.54, 1.807) is 6.20 Å². The summed E-state index contributed by atoms with van der Waals surface area (Å²) >= 11 is 0. The summed E-state index contributed by atoms with van der Waals surface area (Å²) < 4.78 is 0. The lowest BCUT2D eigenvalue weighted by atomic mass is 10.0. The maximum absolute atomic E-state index is 5.73. The number of anilines is 1. The van der Waals surface area contributed by atoms with E-state index in [1.807, 2.05) is 0 Å². The second-order valence-electron chi connectivity index (χ2n) is 3.66. The first kappa shape index (κ1) is 9.77. The highest BCUT2D eigenvalue weighted by Gasteiger charge is 2.02. The highest BCUT2D eigenvalue weighted by atomic mass is 15.1. The lowest BCUT2D eigenvalue weighted by Crippen LogP contribution is -1.93. The Morgan fingerprint density at radius 2 is 1.87 bits per heavy atom. The van der Waals surface area contributed by atoms with Crippen LogP contribution < -0.4 is 5.73 Å². The first-order chi connectivity index (χ1) is 7.29. The molecule has 0 amide bonds. The molecule has 0 aliphatic heterocycles. The highest BCUT2D eigenvalue weighted by molar-refractivity contribution is 5.40. The summed E-state index contributed by atoms with van der Waals surface area (Å²) in [5, 5.41) is 6.64. The van der Waals surface area contributed by atoms with Gasteiger partial charge in [0.2, 0.25) is 0 Å². The van der Waals surface area contributed by atoms with Gasteiger partial charge in [-0.3, -0.25) is 5.10 Å². The third kappa shape index (κ3) is 2.18. The molecule has 0 aliphatic carbocycles. The van der Waals surface area contributed by atoms with Crippen molar-refractivity contribution in [1.29, 1.82) is 0 Å². The van der Waals surface area contributed by atoms with Crippen molar-refractivity contribution in [2.24, 2.45) is 0 Å². The number of aryl methyl sites for hydroxylation is 1. The molecule has 2 aromatic rings. The van der Waals surface area contributed by atoms with Crippen molar-refractivity contribution in [3.05, 3.63) is 47.2 Å². The number of nitrogen functional groups attached to an aromatic ring is 1. The Morgan fingerprint density at radius 1 is 1.20 bits per heavy atom. The van der Waals surface area contributed by atoms with E-state index < -0.39 is 0 Å². The topological polar surface area (TPSA) is 54.7 Å². The normalized spacial score (nSPS) is 10.5. The number of nitrogens with zero attached hydrogens (tertiary/aromatic N) is 1. The largest absolute Gasteiger partial charge is 0.384 e. The van der Waals surface area contributed by atoms with Gasteiger partial charge in [-0.05, 0) is 17.5 Å². The van der Waals surface area contributed by atoms with Crippen LogP contribution >= 0.6 is 0 Å². The van der Waals surface area contributed by atoms with Crippen molar-refractivity contribution >= 4 is 5.82 Å². The number of nitrogens with one attached hydrogen (secondary N) is 1. The Kier molecular flexibility index (Phi) is 2.72. The average molecular weight is 201 g/mol. The van der Waals surface area contributed by atoms with Gasteiger partial charge in [0.1, 0.15) is 5.82 Å². The Bertz CT molecular complexity index is 428. The molecular weight excluding hydrogens is 186 g/mol. The summed E-state index contributed by atoms with van der Waals surface area (Å²) in [6.07, 6.45) is 3.70. The predicted molar refractivity (Wildman–Crippen MR) is 61.6 cm³/mol. The van der Waals surface area contributed by atoms with Crippen LogP contribution in [0.25, 0.3) is 0 Å². The van der Waals surface area contributed by atoms with Crippen LogP contribution in [0.15, 0.2) is 30.5 Å². The Balaban J connectivity index is 2.14. The molecule has 15 heavy (non-hydrogen) atoms. The summed E-state index contributed by atoms with van der Waals surface area (Å²) in [5.74, 6) is 0.662. The molecule has 1 aromatic carbocycles. The van der Waals surface area contributed by atoms with E-state index in [9.17, 15) is 0 Å². The van der Waals surface area contributed by atoms with Gasteiger partial charge in [-0.15, -0.1) is 0 Å². The lowest BCUT2D eigenvalue weighted by molar-refractivity contribution is 1.10. The minimum atomic E-state index is 0.662. The van der Waals surface area contributed by atoms with Crippen molar-refractivity contribution < 1.29 is 0 Å². The summed E-state index contributed by atoms with van der Waals surface area (Å²) in [6.45, 7) is 2.16. The molecule has 0 spiro atoms. The molecule has 3 N–H and O–H groups in total. The van der Waals surface area contributed by atoms with Gasteiger partial charge < -0.3 is 5.73 Å². The van der Waals surface area contributed by atoms with E-state index in [0.717, 1.165) is 18.4 Å². The maximum Gasteiger partial charge on any atom is 0.122 e. The quantitative estimate of drug-likeness (QED) is 0.799. The van der Waals surface area contributed by atoms with Crippen molar-refractivity contribution in [2.75, 3.05) is 5.73 Å². The monoisotopic (exact) mass is 201 g/mol. The fourth-order valence-corrected chi connectivity index (χ4v) is 1.57. The van der Waals surface area contributed by atoms with Crippen LogP contribution in [-0.4, -0.2) is 10.2 Å². The van der Waals surface area contributed by atoms with E-state index >= 15 is 0 Å². The first-order valence-electron chi connectivity index (χ1n) is 5.15. The van der Waals surface area contributed by atoms with Crippen molar-refractivity contribution in [2.45, 2.75) is 19.8 Å². The molecule has 2 rings (SSSR count). The summed E-state index contributed by atoms with van der Waals surface area (Å²) in [4.78, 5) is 0. The number of hydrogen-bond donors (Lipinski definition) is 2. The molecule has 3 nitrogen and oxygen atoms in total. The standard InChI is InChI=1S/C12H15N3/c1-2-9-3-5-10(6-4-9)7-11-8-14-15-12(11)13/h3-6,8H,2,7H2,1H3,(H3,13,14,15). The molecule has 0 unspecified atom stereocenters. The first-order valence-corrected chi connectivity index (χ1v) is 5.15. The molecule has 0 saturated heterocycles. The lowest BCUT2D eigenvalue weighted by Gasteiger charge is -2.01. The molecule has 1 aromatic heterocycles. The van der Waals surface area contributed by atoms with E-state index in [1.165, 1.54) is 11.1 Å². The summed E-state index contributed by atoms with van der Waals surface area (Å²) in [7, 11) is 0. The molecule has 0 aliphatic rings. The van der Waals surface area contributed by atoms with E-state index in [0.29, 0.717) is 5.82 Å². The van der Waals surface area contributed by atoms with Gasteiger partial charge in [0.25, 0.3) is 0 Å². The van der Waals surface area contributed by atoms with Gasteiger partial charge in [-0.25, -0.2) is 0 Å². The number of benzene rings is 1. The fraction of sp³-hybridized carbons (Fsp3) is 0.250. The minimum Gasteiger partial charge on any atom is -0.384 e. The smallest absolute Gasteiger partial charge is 0.122 e. The van der Waals surface area contributed by atoms with Crippen LogP contribution in [-0.2, 0) is 12.8 Å². The highest BCUT2D eigenvalue weighted by Crippen LogP contribution is 2.14. The third-order valence-electron chi connectivity index (χ3n) is 2.58. The van der Waals surface area contributed by atoms with Gasteiger partial charge >= 0.3 is 0 Å². The van der Waals surface area contributed by atoms with Gasteiger partial charge in [-0.1, -0.05) is 31.2 Å². The van der Waals surface area contributed by atoms with Crippen LogP contribution in [0, 0.1) is 0 Å². The van der Waals surface area contributed by atoms with E-state index in [-0.39, 0.29) is 0 Å². The van der Waals surface area contributed by atoms with Crippen LogP contribution in [0.2, 0.25) is 0 Å². The molecule has 0 atom stereocenters. The maximum atomic E-state index is 5.73. The molecule has 0 radical (unpaired) electrons. The van der Waals surface area contributed by atoms with Gasteiger partial charge in [-0.2, -0.15) is 5.10 Å². The van der Waals surface area contributed by atoms with E-state index in [4.69, 9.17) is 5.73 Å². The van der Waals surface area contributed by atoms with Crippen molar-refractivity contribution in [1.82, 2.24) is 10.2 Å². The predicted octanol–water partition coefficient (Wildman–Crippen LogP) is 2.15. The SMILES string of the molecule is CCc1ccc(Cc2cn[nH]c2N)cc1. The molecule has 3 heteroatoms. The molecule has 1 heterocycles. The van der Waals surface area contributed by atoms with Gasteiger partial charge in [0, 0.05) is 12.0 Å². The summed E-state index contributed by atoms with van der Waals surface area (Å²) in [5.41, 5.74) is 9.41. The number of aromatic nitrogens is 2.